The normalized spacial score (nSPS) is 10.7. The molecular formula is C23H17NO2S2. The number of Topliss-reactive ketones (excluding diaryl/α,β-unsaturated/α-hetero) is 1. The minimum Gasteiger partial charge on any atom is -0.322 e. The van der Waals surface area contributed by atoms with Gasteiger partial charge < -0.3 is 5.32 Å². The number of anilines is 1. The Balaban J connectivity index is 1.43. The highest BCUT2D eigenvalue weighted by atomic mass is 32.2. The third-order valence-electron chi connectivity index (χ3n) is 4.27. The summed E-state index contributed by atoms with van der Waals surface area (Å²) >= 11 is 2.93. The lowest BCUT2D eigenvalue weighted by atomic mass is 10.1. The summed E-state index contributed by atoms with van der Waals surface area (Å²) in [4.78, 5) is 26.5. The van der Waals surface area contributed by atoms with E-state index in [0.29, 0.717) is 17.0 Å². The maximum absolute atomic E-state index is 12.6. The predicted octanol–water partition coefficient (Wildman–Crippen LogP) is 6.13. The summed E-state index contributed by atoms with van der Waals surface area (Å²) in [6.07, 6.45) is 0. The molecule has 138 valence electrons. The Morgan fingerprint density at radius 3 is 2.54 bits per heavy atom. The highest BCUT2D eigenvalue weighted by molar-refractivity contribution is 8.00. The van der Waals surface area contributed by atoms with Crippen LogP contribution in [0.25, 0.3) is 10.8 Å². The van der Waals surface area contributed by atoms with Crippen molar-refractivity contribution in [3.05, 3.63) is 94.7 Å². The van der Waals surface area contributed by atoms with Gasteiger partial charge in [0.1, 0.15) is 0 Å². The zero-order valence-electron chi connectivity index (χ0n) is 14.9. The van der Waals surface area contributed by atoms with E-state index in [1.165, 1.54) is 23.1 Å². The standard InChI is InChI=1S/C23H17NO2S2/c25-21(22-9-4-12-27-22)15-28-20-8-3-7-19(14-20)24-23(26)18-11-10-16-5-1-2-6-17(16)13-18/h1-14H,15H2,(H,24,26). The molecule has 3 aromatic carbocycles. The Morgan fingerprint density at radius 1 is 0.857 bits per heavy atom. The van der Waals surface area contributed by atoms with Gasteiger partial charge in [-0.2, -0.15) is 0 Å². The molecule has 0 saturated heterocycles. The second-order valence-electron chi connectivity index (χ2n) is 6.23. The van der Waals surface area contributed by atoms with Crippen molar-refractivity contribution < 1.29 is 9.59 Å². The molecule has 0 unspecified atom stereocenters. The van der Waals surface area contributed by atoms with E-state index >= 15 is 0 Å². The molecule has 0 saturated carbocycles. The van der Waals surface area contributed by atoms with E-state index in [-0.39, 0.29) is 11.7 Å². The number of carbonyl (C=O) groups excluding carboxylic acids is 2. The lowest BCUT2D eigenvalue weighted by molar-refractivity contribution is 0.101. The average molecular weight is 404 g/mol. The van der Waals surface area contributed by atoms with Crippen LogP contribution in [-0.2, 0) is 0 Å². The van der Waals surface area contributed by atoms with E-state index in [0.717, 1.165) is 20.5 Å². The Labute approximate surface area is 171 Å². The molecule has 0 aliphatic heterocycles. The molecule has 0 radical (unpaired) electrons. The first-order chi connectivity index (χ1) is 13.7. The van der Waals surface area contributed by atoms with Crippen molar-refractivity contribution >= 4 is 51.2 Å². The number of thioether (sulfide) groups is 1. The zero-order valence-corrected chi connectivity index (χ0v) is 16.6. The van der Waals surface area contributed by atoms with E-state index in [1.54, 1.807) is 0 Å². The largest absolute Gasteiger partial charge is 0.322 e. The third kappa shape index (κ3) is 4.32. The fourth-order valence-electron chi connectivity index (χ4n) is 2.85. The molecule has 0 aliphatic carbocycles. The number of ketones is 1. The zero-order chi connectivity index (χ0) is 19.3. The second kappa shape index (κ2) is 8.42. The van der Waals surface area contributed by atoms with E-state index in [9.17, 15) is 9.59 Å². The Morgan fingerprint density at radius 2 is 1.71 bits per heavy atom. The third-order valence-corrected chi connectivity index (χ3v) is 6.17. The quantitative estimate of drug-likeness (QED) is 0.311. The van der Waals surface area contributed by atoms with E-state index in [4.69, 9.17) is 0 Å². The summed E-state index contributed by atoms with van der Waals surface area (Å²) < 4.78 is 0. The van der Waals surface area contributed by atoms with Crippen molar-refractivity contribution in [2.75, 3.05) is 11.1 Å². The molecule has 28 heavy (non-hydrogen) atoms. The van der Waals surface area contributed by atoms with Gasteiger partial charge in [-0.15, -0.1) is 23.1 Å². The summed E-state index contributed by atoms with van der Waals surface area (Å²) in [6.45, 7) is 0. The van der Waals surface area contributed by atoms with Crippen molar-refractivity contribution in [2.45, 2.75) is 4.90 Å². The van der Waals surface area contributed by atoms with Gasteiger partial charge in [0.2, 0.25) is 0 Å². The molecule has 0 aliphatic rings. The Hall–Kier alpha value is -2.89. The van der Waals surface area contributed by atoms with Gasteiger partial charge in [0, 0.05) is 16.1 Å². The number of hydrogen-bond donors (Lipinski definition) is 1. The van der Waals surface area contributed by atoms with Crippen molar-refractivity contribution in [3.8, 4) is 0 Å². The summed E-state index contributed by atoms with van der Waals surface area (Å²) in [5.74, 6) is 0.343. The molecule has 0 atom stereocenters. The number of nitrogens with one attached hydrogen (secondary N) is 1. The molecular weight excluding hydrogens is 386 g/mol. The minimum atomic E-state index is -0.150. The van der Waals surface area contributed by atoms with Crippen molar-refractivity contribution in [3.63, 3.8) is 0 Å². The highest BCUT2D eigenvalue weighted by Gasteiger charge is 2.10. The van der Waals surface area contributed by atoms with Crippen LogP contribution in [0.3, 0.4) is 0 Å². The Bertz CT molecular complexity index is 1140. The van der Waals surface area contributed by atoms with Crippen molar-refractivity contribution in [2.24, 2.45) is 0 Å². The first-order valence-corrected chi connectivity index (χ1v) is 10.7. The maximum atomic E-state index is 12.6. The fourth-order valence-corrected chi connectivity index (χ4v) is 4.45. The predicted molar refractivity (Wildman–Crippen MR) is 118 cm³/mol. The van der Waals surface area contributed by atoms with Gasteiger partial charge in [0.15, 0.2) is 5.78 Å². The minimum absolute atomic E-state index is 0.116. The number of benzene rings is 3. The summed E-state index contributed by atoms with van der Waals surface area (Å²) in [5.41, 5.74) is 1.33. The van der Waals surface area contributed by atoms with Crippen LogP contribution in [0.15, 0.2) is 89.1 Å². The number of hydrogen-bond acceptors (Lipinski definition) is 4. The monoisotopic (exact) mass is 403 g/mol. The van der Waals surface area contributed by atoms with Gasteiger partial charge in [0.25, 0.3) is 5.91 Å². The molecule has 5 heteroatoms. The lowest BCUT2D eigenvalue weighted by Crippen LogP contribution is -2.11. The number of thiophene rings is 1. The van der Waals surface area contributed by atoms with Crippen LogP contribution in [0.4, 0.5) is 5.69 Å². The molecule has 1 heterocycles. The maximum Gasteiger partial charge on any atom is 0.255 e. The molecule has 0 bridgehead atoms. The van der Waals surface area contributed by atoms with Crippen LogP contribution in [0.5, 0.6) is 0 Å². The van der Waals surface area contributed by atoms with Gasteiger partial charge in [-0.25, -0.2) is 0 Å². The van der Waals surface area contributed by atoms with Gasteiger partial charge in [-0.3, -0.25) is 9.59 Å². The summed E-state index contributed by atoms with van der Waals surface area (Å²) in [6, 6.07) is 24.9. The first-order valence-electron chi connectivity index (χ1n) is 8.79. The fraction of sp³-hybridized carbons (Fsp3) is 0.0435. The van der Waals surface area contributed by atoms with Crippen molar-refractivity contribution in [1.29, 1.82) is 0 Å². The molecule has 1 aromatic heterocycles. The van der Waals surface area contributed by atoms with Crippen LogP contribution >= 0.6 is 23.1 Å². The second-order valence-corrected chi connectivity index (χ2v) is 8.23. The molecule has 0 fully saturated rings. The number of carbonyl (C=O) groups is 2. The van der Waals surface area contributed by atoms with E-state index in [2.05, 4.69) is 5.32 Å². The van der Waals surface area contributed by atoms with Crippen LogP contribution < -0.4 is 5.32 Å². The Kier molecular flexibility index (Phi) is 5.55. The first kappa shape index (κ1) is 18.5. The van der Waals surface area contributed by atoms with Gasteiger partial charge in [-0.05, 0) is 52.6 Å². The van der Waals surface area contributed by atoms with Gasteiger partial charge >= 0.3 is 0 Å². The average Bonchev–Trinajstić information content (AvgIpc) is 3.27. The molecule has 3 nitrogen and oxygen atoms in total. The summed E-state index contributed by atoms with van der Waals surface area (Å²) in [5, 5.41) is 6.99. The lowest BCUT2D eigenvalue weighted by Gasteiger charge is -2.08. The number of amides is 1. The topological polar surface area (TPSA) is 46.2 Å². The molecule has 1 N–H and O–H groups in total. The molecule has 4 rings (SSSR count). The number of rotatable bonds is 6. The smallest absolute Gasteiger partial charge is 0.255 e. The van der Waals surface area contributed by atoms with Gasteiger partial charge in [-0.1, -0.05) is 42.5 Å². The van der Waals surface area contributed by atoms with E-state index in [1.807, 2.05) is 84.2 Å². The van der Waals surface area contributed by atoms with Crippen LogP contribution in [0.1, 0.15) is 20.0 Å². The molecule has 4 aromatic rings. The summed E-state index contributed by atoms with van der Waals surface area (Å²) in [7, 11) is 0. The highest BCUT2D eigenvalue weighted by Crippen LogP contribution is 2.24. The molecule has 0 spiro atoms. The number of fused-ring (bicyclic) bond motifs is 1. The molecule has 1 amide bonds. The van der Waals surface area contributed by atoms with Crippen LogP contribution in [0.2, 0.25) is 0 Å². The van der Waals surface area contributed by atoms with Gasteiger partial charge in [0.05, 0.1) is 10.6 Å². The van der Waals surface area contributed by atoms with Crippen LogP contribution in [-0.4, -0.2) is 17.4 Å². The van der Waals surface area contributed by atoms with Crippen LogP contribution in [0, 0.1) is 0 Å². The SMILES string of the molecule is O=C(Nc1cccc(SCC(=O)c2cccs2)c1)c1ccc2ccccc2c1. The van der Waals surface area contributed by atoms with E-state index < -0.39 is 0 Å². The van der Waals surface area contributed by atoms with Crippen molar-refractivity contribution in [1.82, 2.24) is 0 Å².